The van der Waals surface area contributed by atoms with Crippen LogP contribution in [0.2, 0.25) is 0 Å². The molecular formula is C8H11N. The van der Waals surface area contributed by atoms with E-state index in [9.17, 15) is 0 Å². The van der Waals surface area contributed by atoms with Gasteiger partial charge < -0.3 is 5.73 Å². The number of rotatable bonds is 0. The van der Waals surface area contributed by atoms with Crippen molar-refractivity contribution in [1.29, 1.82) is 0 Å². The molecule has 48 valence electrons. The number of fused-ring (bicyclic) bond motifs is 5. The summed E-state index contributed by atoms with van der Waals surface area (Å²) < 4.78 is 0. The molecular weight excluding hydrogens is 110 g/mol. The maximum Gasteiger partial charge on any atom is 0.0114 e. The topological polar surface area (TPSA) is 26.0 Å². The van der Waals surface area contributed by atoms with Crippen molar-refractivity contribution in [2.24, 2.45) is 29.4 Å². The molecule has 2 N–H and O–H groups in total. The smallest absolute Gasteiger partial charge is 0.0114 e. The van der Waals surface area contributed by atoms with Gasteiger partial charge in [0.1, 0.15) is 0 Å². The molecule has 3 aliphatic rings. The second-order valence-electron chi connectivity index (χ2n) is 3.68. The minimum Gasteiger partial charge on any atom is -0.327 e. The zero-order valence-electron chi connectivity index (χ0n) is 5.33. The van der Waals surface area contributed by atoms with E-state index < -0.39 is 0 Å². The van der Waals surface area contributed by atoms with Crippen LogP contribution in [0.25, 0.3) is 0 Å². The first-order chi connectivity index (χ1) is 4.38. The van der Waals surface area contributed by atoms with Crippen molar-refractivity contribution in [3.8, 4) is 0 Å². The van der Waals surface area contributed by atoms with Crippen LogP contribution in [0, 0.1) is 23.7 Å². The molecule has 0 aromatic heterocycles. The van der Waals surface area contributed by atoms with E-state index in [-0.39, 0.29) is 0 Å². The fourth-order valence-electron chi connectivity index (χ4n) is 2.85. The third-order valence-corrected chi connectivity index (χ3v) is 3.33. The fourth-order valence-corrected chi connectivity index (χ4v) is 2.85. The van der Waals surface area contributed by atoms with Gasteiger partial charge in [0, 0.05) is 6.04 Å². The second kappa shape index (κ2) is 1.10. The molecule has 0 radical (unpaired) electrons. The Kier molecular flexibility index (Phi) is 0.552. The van der Waals surface area contributed by atoms with Crippen molar-refractivity contribution in [2.45, 2.75) is 12.5 Å². The highest BCUT2D eigenvalue weighted by Gasteiger charge is 2.61. The van der Waals surface area contributed by atoms with Gasteiger partial charge in [-0.15, -0.1) is 0 Å². The van der Waals surface area contributed by atoms with Crippen LogP contribution < -0.4 is 5.73 Å². The Balaban J connectivity index is 2.03. The Bertz CT molecular complexity index is 167. The summed E-state index contributed by atoms with van der Waals surface area (Å²) in [6.07, 6.45) is 6.17. The SMILES string of the molecule is NC1[C@H]2[C@H]1[C@H]1C=C[C@H]2C1. The molecule has 2 bridgehead atoms. The van der Waals surface area contributed by atoms with Crippen LogP contribution in [-0.4, -0.2) is 6.04 Å². The highest BCUT2D eigenvalue weighted by Crippen LogP contribution is 2.61. The molecule has 2 fully saturated rings. The zero-order valence-corrected chi connectivity index (χ0v) is 5.33. The molecule has 0 aromatic carbocycles. The van der Waals surface area contributed by atoms with Crippen molar-refractivity contribution in [3.63, 3.8) is 0 Å². The van der Waals surface area contributed by atoms with Crippen LogP contribution in [0.4, 0.5) is 0 Å². The van der Waals surface area contributed by atoms with Crippen LogP contribution in [0.3, 0.4) is 0 Å². The molecule has 0 aliphatic heterocycles. The fraction of sp³-hybridized carbons (Fsp3) is 0.750. The van der Waals surface area contributed by atoms with Gasteiger partial charge in [0.25, 0.3) is 0 Å². The van der Waals surface area contributed by atoms with Gasteiger partial charge in [-0.05, 0) is 30.1 Å². The lowest BCUT2D eigenvalue weighted by Gasteiger charge is -2.02. The quantitative estimate of drug-likeness (QED) is 0.470. The molecule has 2 saturated carbocycles. The number of allylic oxidation sites excluding steroid dienone is 2. The molecule has 1 heteroatoms. The van der Waals surface area contributed by atoms with E-state index in [1.165, 1.54) is 6.42 Å². The molecule has 9 heavy (non-hydrogen) atoms. The van der Waals surface area contributed by atoms with Crippen LogP contribution in [0.5, 0.6) is 0 Å². The number of hydrogen-bond acceptors (Lipinski definition) is 1. The third kappa shape index (κ3) is 0.351. The average molecular weight is 121 g/mol. The number of hydrogen-bond donors (Lipinski definition) is 1. The molecule has 0 aromatic rings. The summed E-state index contributed by atoms with van der Waals surface area (Å²) in [6.45, 7) is 0. The van der Waals surface area contributed by atoms with Gasteiger partial charge in [-0.25, -0.2) is 0 Å². The van der Waals surface area contributed by atoms with Gasteiger partial charge in [0.05, 0.1) is 0 Å². The summed E-state index contributed by atoms with van der Waals surface area (Å²) in [7, 11) is 0. The van der Waals surface area contributed by atoms with E-state index >= 15 is 0 Å². The molecule has 0 unspecified atom stereocenters. The lowest BCUT2D eigenvalue weighted by Crippen LogP contribution is -2.12. The molecule has 0 saturated heterocycles. The largest absolute Gasteiger partial charge is 0.327 e. The third-order valence-electron chi connectivity index (χ3n) is 3.33. The second-order valence-corrected chi connectivity index (χ2v) is 3.68. The van der Waals surface area contributed by atoms with Crippen molar-refractivity contribution >= 4 is 0 Å². The standard InChI is InChI=1S/C8H11N/c9-8-6-4-1-2-5(3-4)7(6)8/h1-2,4-8H,3,9H2/t4-,5-,6+,7+/m0/s1. The molecule has 3 aliphatic carbocycles. The van der Waals surface area contributed by atoms with E-state index in [0.717, 1.165) is 23.7 Å². The minimum atomic E-state index is 0.573. The average Bonchev–Trinajstić information content (AvgIpc) is 2.29. The van der Waals surface area contributed by atoms with Gasteiger partial charge in [-0.1, -0.05) is 12.2 Å². The van der Waals surface area contributed by atoms with Gasteiger partial charge >= 0.3 is 0 Å². The predicted octanol–water partition coefficient (Wildman–Crippen LogP) is 0.766. The van der Waals surface area contributed by atoms with E-state index in [1.54, 1.807) is 0 Å². The highest BCUT2D eigenvalue weighted by molar-refractivity contribution is 5.25. The molecule has 0 amide bonds. The van der Waals surface area contributed by atoms with Crippen LogP contribution in [0.15, 0.2) is 12.2 Å². The van der Waals surface area contributed by atoms with Crippen molar-refractivity contribution in [1.82, 2.24) is 0 Å². The number of nitrogens with two attached hydrogens (primary N) is 1. The van der Waals surface area contributed by atoms with Crippen LogP contribution in [0.1, 0.15) is 6.42 Å². The van der Waals surface area contributed by atoms with E-state index in [4.69, 9.17) is 5.73 Å². The van der Waals surface area contributed by atoms with E-state index in [1.807, 2.05) is 0 Å². The summed E-state index contributed by atoms with van der Waals surface area (Å²) in [4.78, 5) is 0. The molecule has 0 spiro atoms. The Morgan fingerprint density at radius 2 is 1.67 bits per heavy atom. The first-order valence-electron chi connectivity index (χ1n) is 3.82. The highest BCUT2D eigenvalue weighted by atomic mass is 14.8. The van der Waals surface area contributed by atoms with Crippen molar-refractivity contribution in [2.75, 3.05) is 0 Å². The summed E-state index contributed by atoms with van der Waals surface area (Å²) >= 11 is 0. The van der Waals surface area contributed by atoms with Gasteiger partial charge in [0.15, 0.2) is 0 Å². The van der Waals surface area contributed by atoms with Crippen LogP contribution >= 0.6 is 0 Å². The first-order valence-corrected chi connectivity index (χ1v) is 3.82. The Hall–Kier alpha value is -0.300. The van der Waals surface area contributed by atoms with Gasteiger partial charge in [-0.3, -0.25) is 0 Å². The van der Waals surface area contributed by atoms with E-state index in [0.29, 0.717) is 6.04 Å². The monoisotopic (exact) mass is 121 g/mol. The maximum atomic E-state index is 5.85. The summed E-state index contributed by atoms with van der Waals surface area (Å²) in [5.41, 5.74) is 5.85. The Labute approximate surface area is 54.9 Å². The van der Waals surface area contributed by atoms with Gasteiger partial charge in [-0.2, -0.15) is 0 Å². The lowest BCUT2D eigenvalue weighted by atomic mass is 10.1. The summed E-state index contributed by atoms with van der Waals surface area (Å²) in [6, 6.07) is 0.573. The zero-order chi connectivity index (χ0) is 6.01. The minimum absolute atomic E-state index is 0.573. The lowest BCUT2D eigenvalue weighted by molar-refractivity contribution is 0.540. The van der Waals surface area contributed by atoms with Crippen LogP contribution in [-0.2, 0) is 0 Å². The molecule has 0 heterocycles. The molecule has 1 nitrogen and oxygen atoms in total. The molecule has 3 rings (SSSR count). The Morgan fingerprint density at radius 3 is 2.11 bits per heavy atom. The predicted molar refractivity (Wildman–Crippen MR) is 35.7 cm³/mol. The van der Waals surface area contributed by atoms with Crippen molar-refractivity contribution < 1.29 is 0 Å². The maximum absolute atomic E-state index is 5.85. The Morgan fingerprint density at radius 1 is 1.11 bits per heavy atom. The van der Waals surface area contributed by atoms with Gasteiger partial charge in [0.2, 0.25) is 0 Å². The summed E-state index contributed by atoms with van der Waals surface area (Å²) in [5.74, 6) is 3.57. The normalized spacial score (nSPS) is 66.6. The van der Waals surface area contributed by atoms with E-state index in [2.05, 4.69) is 12.2 Å². The van der Waals surface area contributed by atoms with Crippen molar-refractivity contribution in [3.05, 3.63) is 12.2 Å². The summed E-state index contributed by atoms with van der Waals surface area (Å²) in [5, 5.41) is 0. The first kappa shape index (κ1) is 4.51. The molecule has 4 atom stereocenters.